The standard InChI is InChI=1S/C19H30N4O3/c1-3-6-14-13-17(26-22-16(14)4-2)19(25)21-15-8-11-23(12-9-15)18(24)7-5-10-20/h3-4,6,15,17,22H,1,5,7-13,20H2,2H3,(H,21,25)/b14-6-,16-4-. The molecule has 7 nitrogen and oxygen atoms in total. The van der Waals surface area contributed by atoms with Crippen LogP contribution >= 0.6 is 0 Å². The molecule has 7 heteroatoms. The van der Waals surface area contributed by atoms with Crippen LogP contribution in [0.5, 0.6) is 0 Å². The number of nitrogens with zero attached hydrogens (tertiary/aromatic N) is 1. The fraction of sp³-hybridized carbons (Fsp3) is 0.579. The van der Waals surface area contributed by atoms with E-state index >= 15 is 0 Å². The van der Waals surface area contributed by atoms with Gasteiger partial charge in [0.2, 0.25) is 5.91 Å². The van der Waals surface area contributed by atoms with E-state index in [1.54, 1.807) is 6.08 Å². The van der Waals surface area contributed by atoms with Gasteiger partial charge in [-0.1, -0.05) is 24.8 Å². The Hall–Kier alpha value is -2.12. The van der Waals surface area contributed by atoms with E-state index in [4.69, 9.17) is 10.6 Å². The highest BCUT2D eigenvalue weighted by atomic mass is 16.7. The lowest BCUT2D eigenvalue weighted by molar-refractivity contribution is -0.139. The SMILES string of the molecule is C=C/C=C1/CC(C(=O)NC2CCN(C(=O)CCCN)CC2)ON/C1=C\C. The van der Waals surface area contributed by atoms with Crippen LogP contribution in [0.15, 0.2) is 36.1 Å². The van der Waals surface area contributed by atoms with Gasteiger partial charge in [-0.05, 0) is 38.3 Å². The Morgan fingerprint density at radius 3 is 2.77 bits per heavy atom. The third-order valence-corrected chi connectivity index (χ3v) is 4.75. The van der Waals surface area contributed by atoms with Crippen LogP contribution in [0.3, 0.4) is 0 Å². The topological polar surface area (TPSA) is 96.7 Å². The number of carbonyl (C=O) groups is 2. The highest BCUT2D eigenvalue weighted by Gasteiger charge is 2.30. The maximum atomic E-state index is 12.5. The molecule has 0 aromatic heterocycles. The Morgan fingerprint density at radius 1 is 1.42 bits per heavy atom. The van der Waals surface area contributed by atoms with Crippen molar-refractivity contribution in [3.8, 4) is 0 Å². The molecule has 2 rings (SSSR count). The van der Waals surface area contributed by atoms with Gasteiger partial charge in [0.25, 0.3) is 5.91 Å². The van der Waals surface area contributed by atoms with E-state index in [0.717, 1.165) is 30.5 Å². The van der Waals surface area contributed by atoms with Gasteiger partial charge in [-0.2, -0.15) is 0 Å². The summed E-state index contributed by atoms with van der Waals surface area (Å²) in [6.07, 6.45) is 8.16. The van der Waals surface area contributed by atoms with Crippen molar-refractivity contribution in [2.24, 2.45) is 5.73 Å². The van der Waals surface area contributed by atoms with Crippen LogP contribution in [-0.2, 0) is 14.4 Å². The molecular weight excluding hydrogens is 332 g/mol. The summed E-state index contributed by atoms with van der Waals surface area (Å²) >= 11 is 0. The number of hydroxylamine groups is 1. The molecule has 0 aromatic rings. The number of rotatable bonds is 6. The number of carbonyl (C=O) groups excluding carboxylic acids is 2. The zero-order valence-electron chi connectivity index (χ0n) is 15.5. The summed E-state index contributed by atoms with van der Waals surface area (Å²) in [4.78, 5) is 31.9. The highest BCUT2D eigenvalue weighted by Crippen LogP contribution is 2.22. The number of allylic oxidation sites excluding steroid dienone is 4. The number of hydrogen-bond acceptors (Lipinski definition) is 5. The third kappa shape index (κ3) is 5.44. The van der Waals surface area contributed by atoms with Crippen LogP contribution in [0, 0.1) is 0 Å². The first kappa shape index (κ1) is 20.2. The van der Waals surface area contributed by atoms with E-state index in [0.29, 0.717) is 32.5 Å². The second-order valence-electron chi connectivity index (χ2n) is 6.60. The van der Waals surface area contributed by atoms with Gasteiger partial charge in [-0.15, -0.1) is 0 Å². The first-order chi connectivity index (χ1) is 12.6. The predicted molar refractivity (Wildman–Crippen MR) is 101 cm³/mol. The van der Waals surface area contributed by atoms with Crippen molar-refractivity contribution < 1.29 is 14.4 Å². The lowest BCUT2D eigenvalue weighted by Crippen LogP contribution is -2.50. The molecule has 2 aliphatic heterocycles. The smallest absolute Gasteiger partial charge is 0.252 e. The van der Waals surface area contributed by atoms with Gasteiger partial charge in [0.15, 0.2) is 6.10 Å². The molecule has 2 aliphatic rings. The first-order valence-corrected chi connectivity index (χ1v) is 9.27. The number of piperidine rings is 1. The van der Waals surface area contributed by atoms with Crippen LogP contribution in [0.25, 0.3) is 0 Å². The third-order valence-electron chi connectivity index (χ3n) is 4.75. The van der Waals surface area contributed by atoms with E-state index in [1.807, 2.05) is 24.0 Å². The normalized spacial score (nSPS) is 24.4. The van der Waals surface area contributed by atoms with Crippen LogP contribution < -0.4 is 16.5 Å². The zero-order chi connectivity index (χ0) is 18.9. The van der Waals surface area contributed by atoms with Gasteiger partial charge in [0, 0.05) is 32.0 Å². The largest absolute Gasteiger partial charge is 0.351 e. The van der Waals surface area contributed by atoms with Crippen molar-refractivity contribution in [2.75, 3.05) is 19.6 Å². The Morgan fingerprint density at radius 2 is 2.15 bits per heavy atom. The second-order valence-corrected chi connectivity index (χ2v) is 6.60. The van der Waals surface area contributed by atoms with Crippen molar-refractivity contribution in [2.45, 2.75) is 51.2 Å². The van der Waals surface area contributed by atoms with Gasteiger partial charge in [-0.3, -0.25) is 19.9 Å². The summed E-state index contributed by atoms with van der Waals surface area (Å²) in [7, 11) is 0. The molecule has 2 amide bonds. The molecule has 1 unspecified atom stereocenters. The molecule has 0 aliphatic carbocycles. The van der Waals surface area contributed by atoms with Gasteiger partial charge >= 0.3 is 0 Å². The Bertz CT molecular complexity index is 577. The molecule has 2 heterocycles. The number of likely N-dealkylation sites (tertiary alicyclic amines) is 1. The predicted octanol–water partition coefficient (Wildman–Crippen LogP) is 1.14. The summed E-state index contributed by atoms with van der Waals surface area (Å²) in [5, 5.41) is 3.05. The second kappa shape index (κ2) is 10.1. The monoisotopic (exact) mass is 362 g/mol. The summed E-state index contributed by atoms with van der Waals surface area (Å²) < 4.78 is 0. The number of amides is 2. The van der Waals surface area contributed by atoms with Crippen LogP contribution in [0.1, 0.15) is 39.0 Å². The highest BCUT2D eigenvalue weighted by molar-refractivity contribution is 5.82. The zero-order valence-corrected chi connectivity index (χ0v) is 15.5. The molecular formula is C19H30N4O3. The van der Waals surface area contributed by atoms with Crippen LogP contribution in [-0.4, -0.2) is 48.5 Å². The summed E-state index contributed by atoms with van der Waals surface area (Å²) in [5.74, 6) is 0.0219. The molecule has 2 saturated heterocycles. The van der Waals surface area contributed by atoms with Gasteiger partial charge < -0.3 is 16.0 Å². The van der Waals surface area contributed by atoms with Crippen molar-refractivity contribution in [1.82, 2.24) is 15.7 Å². The Balaban J connectivity index is 1.81. The molecule has 0 radical (unpaired) electrons. The van der Waals surface area contributed by atoms with Crippen LogP contribution in [0.2, 0.25) is 0 Å². The molecule has 144 valence electrons. The van der Waals surface area contributed by atoms with Crippen molar-refractivity contribution in [1.29, 1.82) is 0 Å². The quantitative estimate of drug-likeness (QED) is 0.658. The number of nitrogens with two attached hydrogens (primary N) is 1. The van der Waals surface area contributed by atoms with Gasteiger partial charge in [0.1, 0.15) is 0 Å². The average molecular weight is 362 g/mol. The Kier molecular flexibility index (Phi) is 7.87. The molecule has 0 saturated carbocycles. The summed E-state index contributed by atoms with van der Waals surface area (Å²) in [6, 6.07) is 0.0691. The minimum absolute atomic E-state index is 0.0691. The molecule has 26 heavy (non-hydrogen) atoms. The van der Waals surface area contributed by atoms with Crippen molar-refractivity contribution >= 4 is 11.8 Å². The fourth-order valence-electron chi connectivity index (χ4n) is 3.22. The maximum absolute atomic E-state index is 12.5. The molecule has 1 atom stereocenters. The summed E-state index contributed by atoms with van der Waals surface area (Å²) in [5.41, 5.74) is 10.1. The minimum atomic E-state index is -0.575. The lowest BCUT2D eigenvalue weighted by atomic mass is 10.0. The van der Waals surface area contributed by atoms with Crippen LogP contribution in [0.4, 0.5) is 0 Å². The van der Waals surface area contributed by atoms with Gasteiger partial charge in [0.05, 0.1) is 5.70 Å². The minimum Gasteiger partial charge on any atom is -0.351 e. The fourth-order valence-corrected chi connectivity index (χ4v) is 3.22. The maximum Gasteiger partial charge on any atom is 0.252 e. The first-order valence-electron chi connectivity index (χ1n) is 9.27. The number of nitrogens with one attached hydrogen (secondary N) is 2. The lowest BCUT2D eigenvalue weighted by Gasteiger charge is -2.34. The Labute approximate surface area is 155 Å². The average Bonchev–Trinajstić information content (AvgIpc) is 2.66. The molecule has 2 fully saturated rings. The summed E-state index contributed by atoms with van der Waals surface area (Å²) in [6.45, 7) is 7.49. The van der Waals surface area contributed by atoms with E-state index < -0.39 is 6.10 Å². The molecule has 0 spiro atoms. The molecule has 4 N–H and O–H groups in total. The van der Waals surface area contributed by atoms with Crippen molar-refractivity contribution in [3.63, 3.8) is 0 Å². The number of hydrogen-bond donors (Lipinski definition) is 3. The van der Waals surface area contributed by atoms with Crippen molar-refractivity contribution in [3.05, 3.63) is 36.1 Å². The van der Waals surface area contributed by atoms with E-state index in [2.05, 4.69) is 17.4 Å². The molecule has 0 bridgehead atoms. The van der Waals surface area contributed by atoms with E-state index in [9.17, 15) is 9.59 Å². The van der Waals surface area contributed by atoms with Gasteiger partial charge in [-0.25, -0.2) is 0 Å². The molecule has 0 aromatic carbocycles. The van der Waals surface area contributed by atoms with E-state index in [-0.39, 0.29) is 17.9 Å². The van der Waals surface area contributed by atoms with E-state index in [1.165, 1.54) is 0 Å².